The van der Waals surface area contributed by atoms with Gasteiger partial charge in [-0.2, -0.15) is 0 Å². The number of nitrogens with one attached hydrogen (secondary N) is 1. The highest BCUT2D eigenvalue weighted by Gasteiger charge is 2.28. The number of ether oxygens (including phenoxy) is 1. The lowest BCUT2D eigenvalue weighted by molar-refractivity contribution is 0.230. The van der Waals surface area contributed by atoms with E-state index >= 15 is 0 Å². The van der Waals surface area contributed by atoms with Crippen molar-refractivity contribution in [3.8, 4) is 11.3 Å². The molecule has 0 unspecified atom stereocenters. The maximum atomic E-state index is 12.1. The van der Waals surface area contributed by atoms with Gasteiger partial charge in [0.15, 0.2) is 5.56 Å². The van der Waals surface area contributed by atoms with Crippen molar-refractivity contribution >= 4 is 5.90 Å². The molecule has 1 atom stereocenters. The second-order valence-corrected chi connectivity index (χ2v) is 5.27. The van der Waals surface area contributed by atoms with E-state index in [1.54, 1.807) is 0 Å². The molecule has 1 aliphatic heterocycles. The van der Waals surface area contributed by atoms with Crippen LogP contribution in [0, 0.1) is 0 Å². The van der Waals surface area contributed by atoms with Crippen LogP contribution < -0.4 is 5.63 Å². The van der Waals surface area contributed by atoms with E-state index in [-0.39, 0.29) is 6.10 Å². The first-order valence-corrected chi connectivity index (χ1v) is 7.36. The number of benzene rings is 2. The number of hydrogen-bond donors (Lipinski definition) is 1. The second kappa shape index (κ2) is 5.61. The summed E-state index contributed by atoms with van der Waals surface area (Å²) in [7, 11) is 0. The third-order valence-electron chi connectivity index (χ3n) is 3.80. The molecule has 23 heavy (non-hydrogen) atoms. The minimum absolute atomic E-state index is 0.177. The molecule has 0 radical (unpaired) electrons. The Morgan fingerprint density at radius 3 is 2.43 bits per heavy atom. The molecule has 2 aromatic carbocycles. The number of aromatic nitrogens is 1. The smallest absolute Gasteiger partial charge is 0.370 e. The van der Waals surface area contributed by atoms with E-state index in [0.29, 0.717) is 23.7 Å². The van der Waals surface area contributed by atoms with E-state index in [9.17, 15) is 4.79 Å². The van der Waals surface area contributed by atoms with Gasteiger partial charge in [0.25, 0.3) is 0 Å². The predicted molar refractivity (Wildman–Crippen MR) is 86.4 cm³/mol. The molecule has 0 saturated heterocycles. The van der Waals surface area contributed by atoms with Crippen molar-refractivity contribution in [3.05, 3.63) is 82.2 Å². The van der Waals surface area contributed by atoms with Crippen molar-refractivity contribution in [2.45, 2.75) is 6.10 Å². The SMILES string of the molecule is O=c1o[nH]c(-c2ccccc2)c1C1=NC[C@H](c2ccccc2)O1. The van der Waals surface area contributed by atoms with E-state index < -0.39 is 5.63 Å². The lowest BCUT2D eigenvalue weighted by atomic mass is 10.1. The molecule has 3 aromatic rings. The summed E-state index contributed by atoms with van der Waals surface area (Å²) >= 11 is 0. The number of hydrogen-bond acceptors (Lipinski definition) is 4. The van der Waals surface area contributed by atoms with Crippen LogP contribution in [0.3, 0.4) is 0 Å². The first-order chi connectivity index (χ1) is 11.3. The van der Waals surface area contributed by atoms with Gasteiger partial charge in [-0.15, -0.1) is 0 Å². The highest BCUT2D eigenvalue weighted by atomic mass is 16.5. The van der Waals surface area contributed by atoms with Crippen LogP contribution in [0.2, 0.25) is 0 Å². The Bertz CT molecular complexity index is 895. The molecule has 0 bridgehead atoms. The summed E-state index contributed by atoms with van der Waals surface area (Å²) in [6, 6.07) is 19.3. The Labute approximate surface area is 132 Å². The zero-order chi connectivity index (χ0) is 15.6. The minimum atomic E-state index is -0.476. The average Bonchev–Trinajstić information content (AvgIpc) is 3.23. The van der Waals surface area contributed by atoms with Gasteiger partial charge in [0.1, 0.15) is 6.10 Å². The zero-order valence-corrected chi connectivity index (χ0v) is 12.2. The summed E-state index contributed by atoms with van der Waals surface area (Å²) < 4.78 is 10.9. The van der Waals surface area contributed by atoms with Crippen molar-refractivity contribution in [3.63, 3.8) is 0 Å². The molecular formula is C18H14N2O3. The fourth-order valence-corrected chi connectivity index (χ4v) is 2.66. The first kappa shape index (κ1) is 13.6. The monoisotopic (exact) mass is 306 g/mol. The van der Waals surface area contributed by atoms with Crippen LogP contribution in [-0.2, 0) is 4.74 Å². The number of rotatable bonds is 3. The zero-order valence-electron chi connectivity index (χ0n) is 12.2. The van der Waals surface area contributed by atoms with Gasteiger partial charge in [0.2, 0.25) is 5.90 Å². The van der Waals surface area contributed by atoms with Gasteiger partial charge in [-0.1, -0.05) is 60.7 Å². The predicted octanol–water partition coefficient (Wildman–Crippen LogP) is 3.15. The molecule has 1 aliphatic rings. The van der Waals surface area contributed by atoms with E-state index in [4.69, 9.17) is 9.26 Å². The molecule has 2 heterocycles. The van der Waals surface area contributed by atoms with Gasteiger partial charge in [0, 0.05) is 5.56 Å². The highest BCUT2D eigenvalue weighted by molar-refractivity contribution is 6.00. The normalized spacial score (nSPS) is 16.9. The van der Waals surface area contributed by atoms with Gasteiger partial charge < -0.3 is 9.26 Å². The minimum Gasteiger partial charge on any atom is -0.467 e. The van der Waals surface area contributed by atoms with Crippen molar-refractivity contribution in [2.24, 2.45) is 4.99 Å². The molecule has 0 spiro atoms. The molecule has 0 aliphatic carbocycles. The largest absolute Gasteiger partial charge is 0.467 e. The van der Waals surface area contributed by atoms with E-state index in [1.807, 2.05) is 60.7 Å². The Balaban J connectivity index is 1.68. The number of nitrogens with zero attached hydrogens (tertiary/aromatic N) is 1. The average molecular weight is 306 g/mol. The Hall–Kier alpha value is -3.08. The Kier molecular flexibility index (Phi) is 3.31. The Morgan fingerprint density at radius 1 is 1.00 bits per heavy atom. The molecule has 0 fully saturated rings. The maximum Gasteiger partial charge on any atom is 0.370 e. The summed E-state index contributed by atoms with van der Waals surface area (Å²) in [6.45, 7) is 0.484. The summed E-state index contributed by atoms with van der Waals surface area (Å²) in [6.07, 6.45) is -0.177. The van der Waals surface area contributed by atoms with Gasteiger partial charge in [-0.05, 0) is 5.56 Å². The number of aromatic amines is 1. The molecule has 114 valence electrons. The van der Waals surface area contributed by atoms with Gasteiger partial charge in [-0.3, -0.25) is 0 Å². The summed E-state index contributed by atoms with van der Waals surface area (Å²) in [5, 5.41) is 2.67. The van der Waals surface area contributed by atoms with Gasteiger partial charge in [-0.25, -0.2) is 14.9 Å². The Morgan fingerprint density at radius 2 is 1.70 bits per heavy atom. The van der Waals surface area contributed by atoms with Crippen LogP contribution in [0.25, 0.3) is 11.3 Å². The van der Waals surface area contributed by atoms with Crippen molar-refractivity contribution < 1.29 is 9.26 Å². The van der Waals surface area contributed by atoms with Crippen molar-refractivity contribution in [2.75, 3.05) is 6.54 Å². The van der Waals surface area contributed by atoms with E-state index in [0.717, 1.165) is 11.1 Å². The van der Waals surface area contributed by atoms with Crippen LogP contribution in [-0.4, -0.2) is 17.6 Å². The van der Waals surface area contributed by atoms with Crippen LogP contribution in [0.1, 0.15) is 17.2 Å². The molecule has 1 aromatic heterocycles. The third kappa shape index (κ3) is 2.46. The summed E-state index contributed by atoms with van der Waals surface area (Å²) in [4.78, 5) is 16.5. The number of H-pyrrole nitrogens is 1. The number of aliphatic imine (C=N–C) groups is 1. The van der Waals surface area contributed by atoms with Crippen LogP contribution in [0.5, 0.6) is 0 Å². The second-order valence-electron chi connectivity index (χ2n) is 5.27. The molecule has 0 amide bonds. The summed E-state index contributed by atoms with van der Waals surface area (Å²) in [5.74, 6) is 0.327. The molecular weight excluding hydrogens is 292 g/mol. The van der Waals surface area contributed by atoms with Gasteiger partial charge in [0.05, 0.1) is 12.2 Å². The fraction of sp³-hybridized carbons (Fsp3) is 0.111. The topological polar surface area (TPSA) is 67.6 Å². The standard InChI is InChI=1S/C18H14N2O3/c21-18-15(16(20-23-18)13-9-5-2-6-10-13)17-19-11-14(22-17)12-7-3-1-4-8-12/h1-10,14,20H,11H2/t14-/m1/s1. The van der Waals surface area contributed by atoms with Crippen LogP contribution in [0.4, 0.5) is 0 Å². The molecule has 0 saturated carbocycles. The third-order valence-corrected chi connectivity index (χ3v) is 3.80. The van der Waals surface area contributed by atoms with Crippen LogP contribution in [0.15, 0.2) is 75.0 Å². The van der Waals surface area contributed by atoms with E-state index in [1.165, 1.54) is 0 Å². The summed E-state index contributed by atoms with van der Waals surface area (Å²) in [5.41, 5.74) is 2.34. The lowest BCUT2D eigenvalue weighted by Crippen LogP contribution is -2.13. The molecule has 1 N–H and O–H groups in total. The van der Waals surface area contributed by atoms with Gasteiger partial charge >= 0.3 is 5.63 Å². The first-order valence-electron chi connectivity index (χ1n) is 7.36. The lowest BCUT2D eigenvalue weighted by Gasteiger charge is -2.10. The van der Waals surface area contributed by atoms with Crippen molar-refractivity contribution in [1.29, 1.82) is 0 Å². The maximum absolute atomic E-state index is 12.1. The van der Waals surface area contributed by atoms with E-state index in [2.05, 4.69) is 10.1 Å². The molecule has 4 rings (SSSR count). The van der Waals surface area contributed by atoms with Crippen molar-refractivity contribution in [1.82, 2.24) is 5.16 Å². The molecule has 5 heteroatoms. The van der Waals surface area contributed by atoms with Crippen LogP contribution >= 0.6 is 0 Å². The molecule has 5 nitrogen and oxygen atoms in total. The fourth-order valence-electron chi connectivity index (χ4n) is 2.66. The quantitative estimate of drug-likeness (QED) is 0.808. The highest BCUT2D eigenvalue weighted by Crippen LogP contribution is 2.27.